The number of hydrogen-bond acceptors (Lipinski definition) is 3. The van der Waals surface area contributed by atoms with Crippen molar-refractivity contribution in [2.75, 3.05) is 10.6 Å². The average molecular weight is 355 g/mol. The van der Waals surface area contributed by atoms with Crippen LogP contribution in [0.1, 0.15) is 45.2 Å². The zero-order valence-electron chi connectivity index (χ0n) is 15.8. The summed E-state index contributed by atoms with van der Waals surface area (Å²) in [6.45, 7) is 11.6. The fourth-order valence-electron chi connectivity index (χ4n) is 2.48. The highest BCUT2D eigenvalue weighted by Gasteiger charge is 2.33. The maximum atomic E-state index is 12.7. The Morgan fingerprint density at radius 2 is 1.79 bits per heavy atom. The molecule has 1 N–H and O–H groups in total. The van der Waals surface area contributed by atoms with Gasteiger partial charge in [0, 0.05) is 6.04 Å². The number of benzene rings is 1. The lowest BCUT2D eigenvalue weighted by molar-refractivity contribution is -0.123. The summed E-state index contributed by atoms with van der Waals surface area (Å²) in [4.78, 5) is 12.7. The van der Waals surface area contributed by atoms with Crippen LogP contribution in [0.5, 0.6) is 0 Å². The van der Waals surface area contributed by atoms with E-state index in [2.05, 4.69) is 5.32 Å². The van der Waals surface area contributed by atoms with Gasteiger partial charge in [0.2, 0.25) is 15.9 Å². The van der Waals surface area contributed by atoms with E-state index in [4.69, 9.17) is 0 Å². The minimum absolute atomic E-state index is 0.0217. The van der Waals surface area contributed by atoms with Gasteiger partial charge in [-0.15, -0.1) is 0 Å². The topological polar surface area (TPSA) is 66.5 Å². The highest BCUT2D eigenvalue weighted by molar-refractivity contribution is 7.92. The van der Waals surface area contributed by atoms with E-state index in [-0.39, 0.29) is 17.9 Å². The number of amides is 1. The Morgan fingerprint density at radius 1 is 1.21 bits per heavy atom. The molecule has 0 aliphatic carbocycles. The van der Waals surface area contributed by atoms with E-state index < -0.39 is 16.1 Å². The lowest BCUT2D eigenvalue weighted by atomic mass is 10.0. The van der Waals surface area contributed by atoms with E-state index in [0.29, 0.717) is 12.1 Å². The van der Waals surface area contributed by atoms with Crippen molar-refractivity contribution in [2.24, 2.45) is 5.92 Å². The van der Waals surface area contributed by atoms with Crippen LogP contribution in [0.4, 0.5) is 5.69 Å². The van der Waals surface area contributed by atoms with Gasteiger partial charge in [-0.1, -0.05) is 32.9 Å². The Bertz CT molecular complexity index is 684. The van der Waals surface area contributed by atoms with Gasteiger partial charge in [-0.2, -0.15) is 0 Å². The van der Waals surface area contributed by atoms with Crippen LogP contribution in [-0.2, 0) is 14.8 Å². The highest BCUT2D eigenvalue weighted by Crippen LogP contribution is 2.27. The lowest BCUT2D eigenvalue weighted by Crippen LogP contribution is -2.52. The molecule has 0 bridgehead atoms. The van der Waals surface area contributed by atoms with E-state index in [1.54, 1.807) is 0 Å². The Labute approximate surface area is 146 Å². The minimum Gasteiger partial charge on any atom is -0.352 e. The summed E-state index contributed by atoms with van der Waals surface area (Å²) in [6.07, 6.45) is 1.55. The molecule has 6 heteroatoms. The number of carbonyl (C=O) groups excluding carboxylic acids is 1. The second-order valence-electron chi connectivity index (χ2n) is 6.81. The molecule has 0 aliphatic rings. The van der Waals surface area contributed by atoms with E-state index >= 15 is 0 Å². The number of aryl methyl sites for hydroxylation is 2. The van der Waals surface area contributed by atoms with Crippen molar-refractivity contribution in [3.8, 4) is 0 Å². The molecule has 0 aromatic heterocycles. The third-order valence-electron chi connectivity index (χ3n) is 4.30. The molecule has 0 saturated carbocycles. The maximum absolute atomic E-state index is 12.7. The van der Waals surface area contributed by atoms with Crippen LogP contribution in [0, 0.1) is 19.8 Å². The minimum atomic E-state index is -3.60. The Kier molecular flexibility index (Phi) is 6.84. The SMILES string of the molecule is CC[C@@H](C(=O)N[C@H](C)C(C)C)N(c1cc(C)ccc1C)S(C)(=O)=O. The van der Waals surface area contributed by atoms with Gasteiger partial charge < -0.3 is 5.32 Å². The van der Waals surface area contributed by atoms with Crippen LogP contribution in [0.2, 0.25) is 0 Å². The molecular weight excluding hydrogens is 324 g/mol. The zero-order chi connectivity index (χ0) is 18.7. The van der Waals surface area contributed by atoms with Gasteiger partial charge in [0.1, 0.15) is 6.04 Å². The maximum Gasteiger partial charge on any atom is 0.244 e. The van der Waals surface area contributed by atoms with Gasteiger partial charge in [0.25, 0.3) is 0 Å². The first-order chi connectivity index (χ1) is 11.0. The monoisotopic (exact) mass is 354 g/mol. The summed E-state index contributed by atoms with van der Waals surface area (Å²) in [5, 5.41) is 2.94. The van der Waals surface area contributed by atoms with E-state index in [9.17, 15) is 13.2 Å². The molecule has 0 aliphatic heterocycles. The summed E-state index contributed by atoms with van der Waals surface area (Å²) in [6, 6.07) is 4.84. The molecule has 24 heavy (non-hydrogen) atoms. The smallest absolute Gasteiger partial charge is 0.244 e. The molecule has 0 spiro atoms. The molecule has 0 fully saturated rings. The standard InChI is InChI=1S/C18H30N2O3S/c1-8-16(18(21)19-15(6)12(2)3)20(24(7,22)23)17-11-13(4)9-10-14(17)5/h9-12,15-16H,8H2,1-7H3,(H,19,21)/t15-,16+/m1/s1. The molecule has 2 atom stereocenters. The summed E-state index contributed by atoms with van der Waals surface area (Å²) in [5.41, 5.74) is 2.35. The Morgan fingerprint density at radius 3 is 2.25 bits per heavy atom. The van der Waals surface area contributed by atoms with Crippen molar-refractivity contribution in [3.05, 3.63) is 29.3 Å². The van der Waals surface area contributed by atoms with Crippen LogP contribution in [-0.4, -0.2) is 32.7 Å². The molecule has 1 rings (SSSR count). The predicted octanol–water partition coefficient (Wildman–Crippen LogP) is 3.01. The quantitative estimate of drug-likeness (QED) is 0.818. The van der Waals surface area contributed by atoms with Crippen LogP contribution in [0.3, 0.4) is 0 Å². The van der Waals surface area contributed by atoms with Gasteiger partial charge in [-0.05, 0) is 50.3 Å². The lowest BCUT2D eigenvalue weighted by Gasteiger charge is -2.32. The number of sulfonamides is 1. The van der Waals surface area contributed by atoms with Crippen LogP contribution in [0.15, 0.2) is 18.2 Å². The van der Waals surface area contributed by atoms with Gasteiger partial charge in [0.15, 0.2) is 0 Å². The van der Waals surface area contributed by atoms with Crippen molar-refractivity contribution < 1.29 is 13.2 Å². The molecule has 0 unspecified atom stereocenters. The first kappa shape index (κ1) is 20.5. The van der Waals surface area contributed by atoms with Gasteiger partial charge in [-0.25, -0.2) is 8.42 Å². The molecular formula is C18H30N2O3S. The van der Waals surface area contributed by atoms with Crippen LogP contribution < -0.4 is 9.62 Å². The molecule has 1 aromatic carbocycles. The van der Waals surface area contributed by atoms with Crippen molar-refractivity contribution in [3.63, 3.8) is 0 Å². The first-order valence-electron chi connectivity index (χ1n) is 8.36. The van der Waals surface area contributed by atoms with Gasteiger partial charge >= 0.3 is 0 Å². The van der Waals surface area contributed by atoms with E-state index in [0.717, 1.165) is 17.4 Å². The Balaban J connectivity index is 3.33. The predicted molar refractivity (Wildman–Crippen MR) is 99.8 cm³/mol. The number of nitrogens with zero attached hydrogens (tertiary/aromatic N) is 1. The van der Waals surface area contributed by atoms with Gasteiger partial charge in [0.05, 0.1) is 11.9 Å². The molecule has 0 saturated heterocycles. The fourth-order valence-corrected chi connectivity index (χ4v) is 3.74. The molecule has 136 valence electrons. The Hall–Kier alpha value is -1.56. The molecule has 0 heterocycles. The van der Waals surface area contributed by atoms with E-state index in [1.807, 2.05) is 59.7 Å². The molecule has 1 aromatic rings. The summed E-state index contributed by atoms with van der Waals surface area (Å²) in [7, 11) is -3.60. The third-order valence-corrected chi connectivity index (χ3v) is 5.47. The molecule has 1 amide bonds. The van der Waals surface area contributed by atoms with Crippen LogP contribution >= 0.6 is 0 Å². The molecule has 0 radical (unpaired) electrons. The summed E-state index contributed by atoms with van der Waals surface area (Å²) in [5.74, 6) is 0.0175. The van der Waals surface area contributed by atoms with Gasteiger partial charge in [-0.3, -0.25) is 9.10 Å². The first-order valence-corrected chi connectivity index (χ1v) is 10.2. The molecule has 5 nitrogen and oxygen atoms in total. The fraction of sp³-hybridized carbons (Fsp3) is 0.611. The largest absolute Gasteiger partial charge is 0.352 e. The van der Waals surface area contributed by atoms with Crippen molar-refractivity contribution >= 4 is 21.6 Å². The summed E-state index contributed by atoms with van der Waals surface area (Å²) < 4.78 is 26.2. The van der Waals surface area contributed by atoms with Crippen molar-refractivity contribution in [1.29, 1.82) is 0 Å². The number of rotatable bonds is 7. The average Bonchev–Trinajstić information content (AvgIpc) is 2.45. The zero-order valence-corrected chi connectivity index (χ0v) is 16.6. The van der Waals surface area contributed by atoms with Crippen molar-refractivity contribution in [2.45, 2.75) is 60.0 Å². The second kappa shape index (κ2) is 8.01. The number of nitrogens with one attached hydrogen (secondary N) is 1. The number of carbonyl (C=O) groups is 1. The normalized spacial score (nSPS) is 14.3. The number of hydrogen-bond donors (Lipinski definition) is 1. The second-order valence-corrected chi connectivity index (χ2v) is 8.67. The van der Waals surface area contributed by atoms with Crippen molar-refractivity contribution in [1.82, 2.24) is 5.32 Å². The van der Waals surface area contributed by atoms with E-state index in [1.165, 1.54) is 4.31 Å². The number of anilines is 1. The van der Waals surface area contributed by atoms with Crippen LogP contribution in [0.25, 0.3) is 0 Å². The summed E-state index contributed by atoms with van der Waals surface area (Å²) >= 11 is 0. The third kappa shape index (κ3) is 4.97. The highest BCUT2D eigenvalue weighted by atomic mass is 32.2.